The molecule has 0 saturated heterocycles. The molecule has 0 N–H and O–H groups in total. The summed E-state index contributed by atoms with van der Waals surface area (Å²) >= 11 is 0. The van der Waals surface area contributed by atoms with Crippen LogP contribution in [0.2, 0.25) is 0 Å². The Balaban J connectivity index is 1.43. The average molecular weight is 483 g/mol. The third-order valence-electron chi connectivity index (χ3n) is 5.44. The van der Waals surface area contributed by atoms with Gasteiger partial charge >= 0.3 is 6.18 Å². The first kappa shape index (κ1) is 24.2. The normalized spacial score (nSPS) is 12.0. The molecule has 0 fully saturated rings. The maximum Gasteiger partial charge on any atom is 0.389 e. The van der Waals surface area contributed by atoms with Crippen molar-refractivity contribution in [3.05, 3.63) is 77.4 Å². The van der Waals surface area contributed by atoms with Gasteiger partial charge in [-0.15, -0.1) is 0 Å². The number of Topliss-reactive ketones (excluding diaryl/α,β-unsaturated/α-hetero) is 1. The minimum absolute atomic E-state index is 0.0420. The lowest BCUT2D eigenvalue weighted by atomic mass is 10.0. The van der Waals surface area contributed by atoms with E-state index in [0.29, 0.717) is 17.8 Å². The fraction of sp³-hybridized carbons (Fsp3) is 0.280. The molecule has 0 aliphatic carbocycles. The number of alkyl halides is 3. The van der Waals surface area contributed by atoms with Gasteiger partial charge in [-0.2, -0.15) is 18.3 Å². The Hall–Kier alpha value is -3.95. The highest BCUT2D eigenvalue weighted by molar-refractivity contribution is 5.82. The summed E-state index contributed by atoms with van der Waals surface area (Å²) in [5.74, 6) is -0.442. The van der Waals surface area contributed by atoms with Crippen molar-refractivity contribution >= 4 is 17.6 Å². The largest absolute Gasteiger partial charge is 0.389 e. The van der Waals surface area contributed by atoms with Crippen LogP contribution in [0.1, 0.15) is 35.4 Å². The molecule has 35 heavy (non-hydrogen) atoms. The molecule has 182 valence electrons. The van der Waals surface area contributed by atoms with Crippen LogP contribution in [0.5, 0.6) is 0 Å². The number of fused-ring (bicyclic) bond motifs is 1. The van der Waals surface area contributed by atoms with Crippen molar-refractivity contribution in [2.45, 2.75) is 39.0 Å². The molecule has 0 radical (unpaired) electrons. The van der Waals surface area contributed by atoms with Crippen molar-refractivity contribution in [3.63, 3.8) is 0 Å². The molecule has 10 heteroatoms. The zero-order valence-corrected chi connectivity index (χ0v) is 19.3. The molecule has 4 aromatic rings. The molecular formula is C25H24F3N5O2. The summed E-state index contributed by atoms with van der Waals surface area (Å²) in [7, 11) is 1.85. The minimum Gasteiger partial charge on any atom is -0.389 e. The zero-order chi connectivity index (χ0) is 25.0. The van der Waals surface area contributed by atoms with Gasteiger partial charge in [0.05, 0.1) is 35.9 Å². The van der Waals surface area contributed by atoms with E-state index in [2.05, 4.69) is 15.2 Å². The van der Waals surface area contributed by atoms with Gasteiger partial charge in [0.1, 0.15) is 11.4 Å². The van der Waals surface area contributed by atoms with E-state index < -0.39 is 24.8 Å². The van der Waals surface area contributed by atoms with Gasteiger partial charge in [0.25, 0.3) is 0 Å². The standard InChI is InChI=1S/C25H24F3N5O2/c1-17-10-21(32(2)31-17)16-35-30-14-19-7-9-33-23(15-29-24(33)13-19)20-5-3-4-18(11-20)12-22(34)6-8-25(26,27)28/h3-5,7,9-11,13-15H,6,8,12,16H2,1-2H3/b30-14-. The summed E-state index contributed by atoms with van der Waals surface area (Å²) in [6.07, 6.45) is -0.823. The molecule has 0 amide bonds. The average Bonchev–Trinajstić information content (AvgIpc) is 3.36. The van der Waals surface area contributed by atoms with E-state index in [-0.39, 0.29) is 6.42 Å². The van der Waals surface area contributed by atoms with Crippen molar-refractivity contribution < 1.29 is 22.8 Å². The predicted molar refractivity (Wildman–Crippen MR) is 125 cm³/mol. The molecule has 1 aromatic carbocycles. The Bertz CT molecular complexity index is 1370. The summed E-state index contributed by atoms with van der Waals surface area (Å²) in [4.78, 5) is 21.8. The Kier molecular flexibility index (Phi) is 6.99. The van der Waals surface area contributed by atoms with Crippen LogP contribution in [0.4, 0.5) is 13.2 Å². The number of aromatic nitrogens is 4. The number of aryl methyl sites for hydroxylation is 2. The highest BCUT2D eigenvalue weighted by Gasteiger charge is 2.27. The number of hydrogen-bond donors (Lipinski definition) is 0. The molecule has 0 aliphatic heterocycles. The first-order valence-electron chi connectivity index (χ1n) is 11.0. The Morgan fingerprint density at radius 2 is 2.03 bits per heavy atom. The lowest BCUT2D eigenvalue weighted by Gasteiger charge is -2.07. The van der Waals surface area contributed by atoms with E-state index in [1.807, 2.05) is 48.8 Å². The second-order valence-electron chi connectivity index (χ2n) is 8.27. The number of benzene rings is 1. The van der Waals surface area contributed by atoms with Crippen LogP contribution in [-0.2, 0) is 29.7 Å². The molecular weight excluding hydrogens is 459 g/mol. The quantitative estimate of drug-likeness (QED) is 0.247. The molecule has 0 spiro atoms. The van der Waals surface area contributed by atoms with Crippen molar-refractivity contribution in [3.8, 4) is 11.3 Å². The van der Waals surface area contributed by atoms with Gasteiger partial charge in [0.2, 0.25) is 0 Å². The monoisotopic (exact) mass is 483 g/mol. The van der Waals surface area contributed by atoms with E-state index in [1.165, 1.54) is 0 Å². The molecule has 0 unspecified atom stereocenters. The summed E-state index contributed by atoms with van der Waals surface area (Å²) < 4.78 is 40.8. The molecule has 3 aromatic heterocycles. The van der Waals surface area contributed by atoms with Gasteiger partial charge in [-0.05, 0) is 36.8 Å². The maximum absolute atomic E-state index is 12.4. The highest BCUT2D eigenvalue weighted by atomic mass is 19.4. The first-order chi connectivity index (χ1) is 16.7. The number of hydrogen-bond acceptors (Lipinski definition) is 5. The van der Waals surface area contributed by atoms with E-state index in [0.717, 1.165) is 28.2 Å². The lowest BCUT2D eigenvalue weighted by molar-refractivity contribution is -0.143. The summed E-state index contributed by atoms with van der Waals surface area (Å²) in [6.45, 7) is 2.22. The van der Waals surface area contributed by atoms with Crippen molar-refractivity contribution in [1.29, 1.82) is 0 Å². The van der Waals surface area contributed by atoms with E-state index in [4.69, 9.17) is 4.84 Å². The Morgan fingerprint density at radius 3 is 2.77 bits per heavy atom. The summed E-state index contributed by atoms with van der Waals surface area (Å²) in [5.41, 5.74) is 5.60. The fourth-order valence-corrected chi connectivity index (χ4v) is 3.73. The molecule has 4 rings (SSSR count). The van der Waals surface area contributed by atoms with Gasteiger partial charge < -0.3 is 4.84 Å². The van der Waals surface area contributed by atoms with E-state index >= 15 is 0 Å². The zero-order valence-electron chi connectivity index (χ0n) is 19.3. The SMILES string of the molecule is Cc1cc(CO/N=C\c2ccn3c(-c4cccc(CC(=O)CCC(F)(F)F)c4)cnc3c2)n(C)n1. The van der Waals surface area contributed by atoms with Crippen LogP contribution in [0, 0.1) is 6.92 Å². The minimum atomic E-state index is -4.33. The van der Waals surface area contributed by atoms with Crippen LogP contribution < -0.4 is 0 Å². The number of halogens is 3. The van der Waals surface area contributed by atoms with Gasteiger partial charge in [-0.1, -0.05) is 23.4 Å². The second-order valence-corrected chi connectivity index (χ2v) is 8.27. The topological polar surface area (TPSA) is 73.8 Å². The van der Waals surface area contributed by atoms with Gasteiger partial charge in [0.15, 0.2) is 6.61 Å². The highest BCUT2D eigenvalue weighted by Crippen LogP contribution is 2.24. The third-order valence-corrected chi connectivity index (χ3v) is 5.44. The molecule has 0 bridgehead atoms. The number of oxime groups is 1. The number of pyridine rings is 1. The van der Waals surface area contributed by atoms with Gasteiger partial charge in [-0.25, -0.2) is 4.98 Å². The number of rotatable bonds is 9. The summed E-state index contributed by atoms with van der Waals surface area (Å²) in [6, 6.07) is 12.8. The third kappa shape index (κ3) is 6.34. The Morgan fingerprint density at radius 1 is 1.20 bits per heavy atom. The number of nitrogens with zero attached hydrogens (tertiary/aromatic N) is 5. The van der Waals surface area contributed by atoms with Gasteiger partial charge in [-0.3, -0.25) is 13.9 Å². The second kappa shape index (κ2) is 10.1. The molecule has 7 nitrogen and oxygen atoms in total. The van der Waals surface area contributed by atoms with Crippen LogP contribution in [-0.4, -0.2) is 37.3 Å². The number of ketones is 1. The van der Waals surface area contributed by atoms with Crippen LogP contribution in [0.15, 0.2) is 60.0 Å². The van der Waals surface area contributed by atoms with Crippen LogP contribution in [0.25, 0.3) is 16.9 Å². The number of carbonyl (C=O) groups is 1. The van der Waals surface area contributed by atoms with Crippen molar-refractivity contribution in [1.82, 2.24) is 19.2 Å². The van der Waals surface area contributed by atoms with E-state index in [1.54, 1.807) is 35.3 Å². The molecule has 0 saturated carbocycles. The molecule has 0 aliphatic rings. The summed E-state index contributed by atoms with van der Waals surface area (Å²) in [5, 5.41) is 8.28. The van der Waals surface area contributed by atoms with Crippen molar-refractivity contribution in [2.75, 3.05) is 0 Å². The number of imidazole rings is 1. The number of carbonyl (C=O) groups excluding carboxylic acids is 1. The fourth-order valence-electron chi connectivity index (χ4n) is 3.73. The lowest BCUT2D eigenvalue weighted by Crippen LogP contribution is -2.12. The molecule has 0 atom stereocenters. The predicted octanol–water partition coefficient (Wildman–Crippen LogP) is 5.05. The van der Waals surface area contributed by atoms with Crippen molar-refractivity contribution in [2.24, 2.45) is 12.2 Å². The Labute approximate surface area is 199 Å². The van der Waals surface area contributed by atoms with Crippen LogP contribution >= 0.6 is 0 Å². The van der Waals surface area contributed by atoms with Gasteiger partial charge in [0, 0.05) is 37.2 Å². The maximum atomic E-state index is 12.4. The first-order valence-corrected chi connectivity index (χ1v) is 11.0. The smallest absolute Gasteiger partial charge is 0.389 e. The molecule has 3 heterocycles. The van der Waals surface area contributed by atoms with E-state index in [9.17, 15) is 18.0 Å². The van der Waals surface area contributed by atoms with Crippen LogP contribution in [0.3, 0.4) is 0 Å².